The summed E-state index contributed by atoms with van der Waals surface area (Å²) in [5, 5.41) is 9.11. The van der Waals surface area contributed by atoms with Crippen molar-refractivity contribution in [2.45, 2.75) is 63.9 Å². The third kappa shape index (κ3) is 2.71. The first-order chi connectivity index (χ1) is 8.60. The average molecular weight is 252 g/mol. The van der Waals surface area contributed by atoms with Crippen LogP contribution < -0.4 is 0 Å². The Morgan fingerprint density at radius 3 is 2.50 bits per heavy atom. The van der Waals surface area contributed by atoms with Crippen molar-refractivity contribution in [1.29, 1.82) is 0 Å². The summed E-state index contributed by atoms with van der Waals surface area (Å²) in [4.78, 5) is 0. The van der Waals surface area contributed by atoms with Crippen molar-refractivity contribution in [3.63, 3.8) is 0 Å². The first-order valence-electron chi connectivity index (χ1n) is 7.03. The van der Waals surface area contributed by atoms with Crippen LogP contribution in [0.1, 0.15) is 46.0 Å². The average Bonchev–Trinajstić information content (AvgIpc) is 2.38. The lowest BCUT2D eigenvalue weighted by atomic mass is 9.84. The van der Waals surface area contributed by atoms with Gasteiger partial charge in [0.1, 0.15) is 6.10 Å². The molecule has 0 aliphatic carbocycles. The van der Waals surface area contributed by atoms with Crippen molar-refractivity contribution < 1.29 is 14.6 Å². The third-order valence-electron chi connectivity index (χ3n) is 4.40. The van der Waals surface area contributed by atoms with Gasteiger partial charge in [-0.3, -0.25) is 0 Å². The quantitative estimate of drug-likeness (QED) is 0.767. The predicted molar refractivity (Wildman–Crippen MR) is 69.8 cm³/mol. The van der Waals surface area contributed by atoms with Gasteiger partial charge in [0.25, 0.3) is 0 Å². The fraction of sp³-hybridized carbons (Fsp3) is 0.867. The van der Waals surface area contributed by atoms with Gasteiger partial charge in [-0.05, 0) is 31.1 Å². The van der Waals surface area contributed by atoms with Crippen molar-refractivity contribution >= 4 is 0 Å². The lowest BCUT2D eigenvalue weighted by molar-refractivity contribution is -0.323. The highest BCUT2D eigenvalue weighted by atomic mass is 16.7. The molecule has 5 atom stereocenters. The zero-order chi connectivity index (χ0) is 13.2. The van der Waals surface area contributed by atoms with E-state index >= 15 is 0 Å². The summed E-state index contributed by atoms with van der Waals surface area (Å²) in [6.45, 7) is 4.48. The van der Waals surface area contributed by atoms with Gasteiger partial charge in [-0.2, -0.15) is 0 Å². The minimum absolute atomic E-state index is 0.0931. The normalized spacial score (nSPS) is 44.8. The maximum absolute atomic E-state index is 9.11. The number of rotatable bonds is 2. The Kier molecular flexibility index (Phi) is 4.32. The molecule has 2 fully saturated rings. The van der Waals surface area contributed by atoms with Crippen molar-refractivity contribution in [3.8, 4) is 12.3 Å². The molecule has 2 saturated heterocycles. The standard InChI is InChI=1S/C15H24O3/c1-4-13-11(2)5-8-15(17-13)9-6-12(3)14(18-15)7-10-16/h1,11-14,16H,5-10H2,2-3H3/t11-,12-,13-,14+,15?/m0/s1. The molecule has 1 unspecified atom stereocenters. The SMILES string of the molecule is C#C[C@@H]1OC2(CC[C@@H]1C)CC[C@H](C)[C@@H](CCO)O2. The summed E-state index contributed by atoms with van der Waals surface area (Å²) in [5.41, 5.74) is 0. The molecule has 18 heavy (non-hydrogen) atoms. The van der Waals surface area contributed by atoms with E-state index < -0.39 is 5.79 Å². The Morgan fingerprint density at radius 1 is 1.22 bits per heavy atom. The largest absolute Gasteiger partial charge is 0.396 e. The molecular weight excluding hydrogens is 228 g/mol. The van der Waals surface area contributed by atoms with Crippen molar-refractivity contribution in [2.24, 2.45) is 11.8 Å². The number of hydrogen-bond acceptors (Lipinski definition) is 3. The van der Waals surface area contributed by atoms with Gasteiger partial charge in [-0.15, -0.1) is 6.42 Å². The molecule has 0 aromatic rings. The van der Waals surface area contributed by atoms with E-state index in [0.29, 0.717) is 18.3 Å². The lowest BCUT2D eigenvalue weighted by Crippen LogP contribution is -2.51. The summed E-state index contributed by atoms with van der Waals surface area (Å²) >= 11 is 0. The molecule has 1 spiro atoms. The van der Waals surface area contributed by atoms with Crippen LogP contribution in [0.15, 0.2) is 0 Å². The Morgan fingerprint density at radius 2 is 1.89 bits per heavy atom. The van der Waals surface area contributed by atoms with E-state index in [4.69, 9.17) is 21.0 Å². The molecule has 0 bridgehead atoms. The summed E-state index contributed by atoms with van der Waals surface area (Å²) in [6.07, 6.45) is 10.1. The van der Waals surface area contributed by atoms with Gasteiger partial charge in [-0.1, -0.05) is 19.8 Å². The number of aliphatic hydroxyl groups excluding tert-OH is 1. The maximum Gasteiger partial charge on any atom is 0.170 e. The van der Waals surface area contributed by atoms with E-state index in [2.05, 4.69) is 19.8 Å². The molecule has 3 nitrogen and oxygen atoms in total. The lowest BCUT2D eigenvalue weighted by Gasteiger charge is -2.48. The van der Waals surface area contributed by atoms with Gasteiger partial charge >= 0.3 is 0 Å². The van der Waals surface area contributed by atoms with E-state index in [1.807, 2.05) is 0 Å². The van der Waals surface area contributed by atoms with Crippen LogP contribution in [-0.4, -0.2) is 29.7 Å². The molecule has 2 aliphatic heterocycles. The van der Waals surface area contributed by atoms with Crippen molar-refractivity contribution in [3.05, 3.63) is 0 Å². The molecule has 0 saturated carbocycles. The van der Waals surface area contributed by atoms with Crippen molar-refractivity contribution in [2.75, 3.05) is 6.61 Å². The molecule has 0 aromatic carbocycles. The van der Waals surface area contributed by atoms with E-state index in [1.165, 1.54) is 0 Å². The summed E-state index contributed by atoms with van der Waals surface area (Å²) in [6, 6.07) is 0. The second kappa shape index (κ2) is 5.61. The molecule has 0 aromatic heterocycles. The Labute approximate surface area is 110 Å². The van der Waals surface area contributed by atoms with Gasteiger partial charge in [0.05, 0.1) is 6.10 Å². The topological polar surface area (TPSA) is 38.7 Å². The Bertz CT molecular complexity index is 318. The second-order valence-electron chi connectivity index (χ2n) is 5.82. The summed E-state index contributed by atoms with van der Waals surface area (Å²) in [7, 11) is 0. The van der Waals surface area contributed by atoms with Crippen LogP contribution in [0, 0.1) is 24.2 Å². The molecule has 1 N–H and O–H groups in total. The molecule has 2 aliphatic rings. The number of aliphatic hydroxyl groups is 1. The van der Waals surface area contributed by atoms with Gasteiger partial charge in [0.15, 0.2) is 5.79 Å². The highest BCUT2D eigenvalue weighted by Crippen LogP contribution is 2.43. The smallest absolute Gasteiger partial charge is 0.170 e. The van der Waals surface area contributed by atoms with Gasteiger partial charge in [0.2, 0.25) is 0 Å². The third-order valence-corrected chi connectivity index (χ3v) is 4.40. The molecule has 2 heterocycles. The molecule has 3 heteroatoms. The van der Waals surface area contributed by atoms with Crippen molar-refractivity contribution in [1.82, 2.24) is 0 Å². The minimum atomic E-state index is -0.490. The van der Waals surface area contributed by atoms with Gasteiger partial charge in [-0.25, -0.2) is 0 Å². The van der Waals surface area contributed by atoms with Crippen LogP contribution >= 0.6 is 0 Å². The first-order valence-corrected chi connectivity index (χ1v) is 7.03. The number of terminal acetylenes is 1. The zero-order valence-electron chi connectivity index (χ0n) is 11.4. The summed E-state index contributed by atoms with van der Waals surface area (Å²) in [5.74, 6) is 3.13. The zero-order valence-corrected chi connectivity index (χ0v) is 11.4. The highest BCUT2D eigenvalue weighted by Gasteiger charge is 2.45. The Hall–Kier alpha value is -0.560. The maximum atomic E-state index is 9.11. The van der Waals surface area contributed by atoms with E-state index in [1.54, 1.807) is 0 Å². The van der Waals surface area contributed by atoms with E-state index in [-0.39, 0.29) is 18.8 Å². The first kappa shape index (κ1) is 13.9. The summed E-state index contributed by atoms with van der Waals surface area (Å²) < 4.78 is 12.2. The highest BCUT2D eigenvalue weighted by molar-refractivity contribution is 5.01. The molecular formula is C15H24O3. The minimum Gasteiger partial charge on any atom is -0.396 e. The van der Waals surface area contributed by atoms with E-state index in [9.17, 15) is 0 Å². The fourth-order valence-electron chi connectivity index (χ4n) is 3.03. The predicted octanol–water partition coefficient (Wildman–Crippen LogP) is 2.33. The van der Waals surface area contributed by atoms with Gasteiger partial charge < -0.3 is 14.6 Å². The molecule has 102 valence electrons. The molecule has 2 rings (SSSR count). The number of hydrogen-bond donors (Lipinski definition) is 1. The van der Waals surface area contributed by atoms with Crippen LogP contribution in [0.3, 0.4) is 0 Å². The second-order valence-corrected chi connectivity index (χ2v) is 5.82. The van der Waals surface area contributed by atoms with Crippen LogP contribution in [0.5, 0.6) is 0 Å². The van der Waals surface area contributed by atoms with E-state index in [0.717, 1.165) is 25.7 Å². The van der Waals surface area contributed by atoms with Crippen LogP contribution in [0.2, 0.25) is 0 Å². The fourth-order valence-corrected chi connectivity index (χ4v) is 3.03. The van der Waals surface area contributed by atoms with Crippen LogP contribution in [0.25, 0.3) is 0 Å². The van der Waals surface area contributed by atoms with Crippen LogP contribution in [0.4, 0.5) is 0 Å². The van der Waals surface area contributed by atoms with Crippen LogP contribution in [-0.2, 0) is 9.47 Å². The Balaban J connectivity index is 2.05. The number of ether oxygens (including phenoxy) is 2. The van der Waals surface area contributed by atoms with Gasteiger partial charge in [0, 0.05) is 19.4 Å². The monoisotopic (exact) mass is 252 g/mol. The molecule has 0 amide bonds. The molecule has 0 radical (unpaired) electrons.